The molecule has 0 bridgehead atoms. The third-order valence-corrected chi connectivity index (χ3v) is 6.23. The standard InChI is InChI=1S/C23H27F3N2O4S/c1-22(2,3)27-21(29)28-13-16(14-28)32-20(15-9-11-17(12-10-15)33(4,30)31)18-7-5-6-8-19(18)23(24,25)26/h5-12,16,20H,13-14H2,1-4H3,(H,27,29)/t20-/m0/s1. The lowest BCUT2D eigenvalue weighted by molar-refractivity contribution is -0.140. The molecule has 0 unspecified atom stereocenters. The lowest BCUT2D eigenvalue weighted by Crippen LogP contribution is -2.60. The Morgan fingerprint density at radius 3 is 2.15 bits per heavy atom. The van der Waals surface area contributed by atoms with Crippen molar-refractivity contribution in [3.8, 4) is 0 Å². The third-order valence-electron chi connectivity index (χ3n) is 5.11. The second-order valence-electron chi connectivity index (χ2n) is 9.15. The van der Waals surface area contributed by atoms with Crippen LogP contribution in [0.3, 0.4) is 0 Å². The third kappa shape index (κ3) is 6.26. The van der Waals surface area contributed by atoms with Gasteiger partial charge in [0.2, 0.25) is 0 Å². The van der Waals surface area contributed by atoms with Crippen LogP contribution in [0.15, 0.2) is 53.4 Å². The highest BCUT2D eigenvalue weighted by Crippen LogP contribution is 2.39. The lowest BCUT2D eigenvalue weighted by atomic mass is 9.95. The minimum atomic E-state index is -4.59. The quantitative estimate of drug-likeness (QED) is 0.682. The number of nitrogens with one attached hydrogen (secondary N) is 1. The van der Waals surface area contributed by atoms with E-state index in [4.69, 9.17) is 4.74 Å². The van der Waals surface area contributed by atoms with E-state index in [2.05, 4.69) is 5.32 Å². The van der Waals surface area contributed by atoms with Gasteiger partial charge in [0, 0.05) is 11.8 Å². The number of rotatable bonds is 5. The molecule has 1 heterocycles. The summed E-state index contributed by atoms with van der Waals surface area (Å²) >= 11 is 0. The van der Waals surface area contributed by atoms with Gasteiger partial charge in [0.25, 0.3) is 0 Å². The van der Waals surface area contributed by atoms with Crippen LogP contribution in [0.4, 0.5) is 18.0 Å². The van der Waals surface area contributed by atoms with Crippen LogP contribution in [0.5, 0.6) is 0 Å². The molecular weight excluding hydrogens is 457 g/mol. The van der Waals surface area contributed by atoms with Crippen LogP contribution in [0.2, 0.25) is 0 Å². The average molecular weight is 485 g/mol. The van der Waals surface area contributed by atoms with Gasteiger partial charge in [-0.15, -0.1) is 0 Å². The zero-order valence-corrected chi connectivity index (χ0v) is 19.6. The molecule has 10 heteroatoms. The average Bonchev–Trinajstić information content (AvgIpc) is 2.64. The smallest absolute Gasteiger partial charge is 0.362 e. The number of amides is 2. The van der Waals surface area contributed by atoms with Crippen molar-refractivity contribution < 1.29 is 31.1 Å². The monoisotopic (exact) mass is 484 g/mol. The van der Waals surface area contributed by atoms with E-state index in [9.17, 15) is 26.4 Å². The fourth-order valence-electron chi connectivity index (χ4n) is 3.49. The van der Waals surface area contributed by atoms with Crippen molar-refractivity contribution in [2.75, 3.05) is 19.3 Å². The first kappa shape index (κ1) is 25.0. The normalized spacial score (nSPS) is 16.3. The van der Waals surface area contributed by atoms with Gasteiger partial charge < -0.3 is 15.0 Å². The molecule has 1 saturated heterocycles. The lowest BCUT2D eigenvalue weighted by Gasteiger charge is -2.42. The van der Waals surface area contributed by atoms with Crippen molar-refractivity contribution in [2.24, 2.45) is 0 Å². The van der Waals surface area contributed by atoms with Crippen molar-refractivity contribution in [2.45, 2.75) is 49.6 Å². The van der Waals surface area contributed by atoms with Gasteiger partial charge in [-0.1, -0.05) is 30.3 Å². The molecule has 2 amide bonds. The summed E-state index contributed by atoms with van der Waals surface area (Å²) in [5, 5.41) is 2.83. The van der Waals surface area contributed by atoms with Crippen LogP contribution in [0, 0.1) is 0 Å². The number of carbonyl (C=O) groups excluding carboxylic acids is 1. The first-order chi connectivity index (χ1) is 15.1. The van der Waals surface area contributed by atoms with Crippen LogP contribution in [-0.4, -0.2) is 50.3 Å². The molecule has 0 aliphatic carbocycles. The molecule has 0 radical (unpaired) electrons. The number of hydrogen-bond acceptors (Lipinski definition) is 4. The molecule has 0 aromatic heterocycles. The number of likely N-dealkylation sites (tertiary alicyclic amines) is 1. The number of benzene rings is 2. The summed E-state index contributed by atoms with van der Waals surface area (Å²) in [6, 6.07) is 10.5. The Morgan fingerprint density at radius 1 is 1.06 bits per heavy atom. The number of hydrogen-bond donors (Lipinski definition) is 1. The Balaban J connectivity index is 1.88. The first-order valence-corrected chi connectivity index (χ1v) is 12.2. The van der Waals surface area contributed by atoms with Gasteiger partial charge >= 0.3 is 12.2 Å². The van der Waals surface area contributed by atoms with Crippen LogP contribution in [0.25, 0.3) is 0 Å². The molecule has 0 spiro atoms. The summed E-state index contributed by atoms with van der Waals surface area (Å²) in [6.07, 6.45) is -5.10. The second-order valence-corrected chi connectivity index (χ2v) is 11.2. The maximum Gasteiger partial charge on any atom is 0.416 e. The Hall–Kier alpha value is -2.59. The summed E-state index contributed by atoms with van der Waals surface area (Å²) in [7, 11) is -3.46. The van der Waals surface area contributed by atoms with Crippen LogP contribution < -0.4 is 5.32 Å². The second kappa shape index (κ2) is 8.98. The van der Waals surface area contributed by atoms with E-state index >= 15 is 0 Å². The zero-order chi connectivity index (χ0) is 24.6. The zero-order valence-electron chi connectivity index (χ0n) is 18.8. The van der Waals surface area contributed by atoms with Crippen molar-refractivity contribution in [1.82, 2.24) is 10.2 Å². The van der Waals surface area contributed by atoms with Gasteiger partial charge in [-0.2, -0.15) is 13.2 Å². The number of urea groups is 1. The number of halogens is 3. The Labute approximate surface area is 191 Å². The number of ether oxygens (including phenoxy) is 1. The Morgan fingerprint density at radius 2 is 1.64 bits per heavy atom. The first-order valence-electron chi connectivity index (χ1n) is 10.3. The number of nitrogens with zero attached hydrogens (tertiary/aromatic N) is 1. The molecule has 1 N–H and O–H groups in total. The maximum atomic E-state index is 13.7. The van der Waals surface area contributed by atoms with Crippen LogP contribution in [-0.2, 0) is 20.8 Å². The molecule has 1 fully saturated rings. The van der Waals surface area contributed by atoms with E-state index in [0.29, 0.717) is 5.56 Å². The van der Waals surface area contributed by atoms with Gasteiger partial charge in [-0.3, -0.25) is 0 Å². The molecule has 0 saturated carbocycles. The summed E-state index contributed by atoms with van der Waals surface area (Å²) in [6.45, 7) is 6.01. The van der Waals surface area contributed by atoms with Crippen molar-refractivity contribution in [3.05, 3.63) is 65.2 Å². The van der Waals surface area contributed by atoms with E-state index in [1.54, 1.807) is 0 Å². The molecular formula is C23H27F3N2O4S. The predicted octanol–water partition coefficient (Wildman–Crippen LogP) is 4.41. The van der Waals surface area contributed by atoms with Crippen molar-refractivity contribution >= 4 is 15.9 Å². The van der Waals surface area contributed by atoms with Crippen molar-refractivity contribution in [1.29, 1.82) is 0 Å². The number of carbonyl (C=O) groups is 1. The van der Waals surface area contributed by atoms with Crippen LogP contribution in [0.1, 0.15) is 43.6 Å². The number of alkyl halides is 3. The van der Waals surface area contributed by atoms with E-state index in [1.165, 1.54) is 47.4 Å². The molecule has 33 heavy (non-hydrogen) atoms. The summed E-state index contributed by atoms with van der Waals surface area (Å²) in [5.74, 6) is 0. The molecule has 180 valence electrons. The maximum absolute atomic E-state index is 13.7. The minimum absolute atomic E-state index is 0.0581. The van der Waals surface area contributed by atoms with Gasteiger partial charge in [0.05, 0.1) is 29.7 Å². The molecule has 1 aliphatic heterocycles. The van der Waals surface area contributed by atoms with E-state index in [1.807, 2.05) is 20.8 Å². The molecule has 1 aliphatic rings. The molecule has 2 aromatic carbocycles. The van der Waals surface area contributed by atoms with Gasteiger partial charge in [-0.05, 0) is 50.1 Å². The predicted molar refractivity (Wildman–Crippen MR) is 118 cm³/mol. The molecule has 3 rings (SSSR count). The molecule has 6 nitrogen and oxygen atoms in total. The van der Waals surface area contributed by atoms with Crippen LogP contribution >= 0.6 is 0 Å². The van der Waals surface area contributed by atoms with E-state index in [-0.39, 0.29) is 29.6 Å². The molecule has 2 aromatic rings. The highest BCUT2D eigenvalue weighted by Gasteiger charge is 2.39. The fourth-order valence-corrected chi connectivity index (χ4v) is 4.12. The van der Waals surface area contributed by atoms with E-state index in [0.717, 1.165) is 12.3 Å². The largest absolute Gasteiger partial charge is 0.416 e. The van der Waals surface area contributed by atoms with Gasteiger partial charge in [0.1, 0.15) is 6.10 Å². The highest BCUT2D eigenvalue weighted by atomic mass is 32.2. The van der Waals surface area contributed by atoms with E-state index < -0.39 is 39.3 Å². The SMILES string of the molecule is CC(C)(C)NC(=O)N1CC(O[C@@H](c2ccc(S(C)(=O)=O)cc2)c2ccccc2C(F)(F)F)C1. The minimum Gasteiger partial charge on any atom is -0.362 e. The summed E-state index contributed by atoms with van der Waals surface area (Å²) in [4.78, 5) is 13.9. The Kier molecular flexibility index (Phi) is 6.82. The van der Waals surface area contributed by atoms with Gasteiger partial charge in [0.15, 0.2) is 9.84 Å². The highest BCUT2D eigenvalue weighted by molar-refractivity contribution is 7.90. The Bertz CT molecular complexity index is 1100. The fraction of sp³-hybridized carbons (Fsp3) is 0.435. The summed E-state index contributed by atoms with van der Waals surface area (Å²) < 4.78 is 70.7. The van der Waals surface area contributed by atoms with Gasteiger partial charge in [-0.25, -0.2) is 13.2 Å². The summed E-state index contributed by atoms with van der Waals surface area (Å²) in [5.41, 5.74) is -0.936. The number of sulfone groups is 1. The topological polar surface area (TPSA) is 75.7 Å². The molecule has 1 atom stereocenters. The van der Waals surface area contributed by atoms with Crippen molar-refractivity contribution in [3.63, 3.8) is 0 Å².